The fourth-order valence-corrected chi connectivity index (χ4v) is 4.54. The minimum absolute atomic E-state index is 0.0773. The lowest BCUT2D eigenvalue weighted by molar-refractivity contribution is -0.119. The van der Waals surface area contributed by atoms with E-state index in [0.717, 1.165) is 9.87 Å². The molecular weight excluding hydrogens is 473 g/mol. The number of carbonyl (C=O) groups excluding carboxylic acids is 1. The molecule has 168 valence electrons. The van der Waals surface area contributed by atoms with Crippen LogP contribution in [0.15, 0.2) is 71.6 Å². The molecule has 9 heteroatoms. The van der Waals surface area contributed by atoms with Crippen LogP contribution in [0.1, 0.15) is 12.5 Å². The molecule has 6 nitrogen and oxygen atoms in total. The highest BCUT2D eigenvalue weighted by Gasteiger charge is 2.31. The highest BCUT2D eigenvalue weighted by Crippen LogP contribution is 2.28. The van der Waals surface area contributed by atoms with Gasteiger partial charge in [0.1, 0.15) is 11.5 Å². The van der Waals surface area contributed by atoms with Crippen LogP contribution in [-0.4, -0.2) is 27.5 Å². The zero-order chi connectivity index (χ0) is 23.3. The fraction of sp³-hybridized carbons (Fsp3) is 0.174. The number of carbonyl (C=O) groups is 1. The zero-order valence-corrected chi connectivity index (χ0v) is 19.7. The summed E-state index contributed by atoms with van der Waals surface area (Å²) in [7, 11) is -4.23. The molecule has 0 aliphatic rings. The van der Waals surface area contributed by atoms with Crippen molar-refractivity contribution in [1.29, 1.82) is 0 Å². The third-order valence-electron chi connectivity index (χ3n) is 4.45. The van der Waals surface area contributed by atoms with Crippen molar-refractivity contribution in [3.05, 3.63) is 82.3 Å². The maximum atomic E-state index is 13.4. The molecule has 0 fully saturated rings. The summed E-state index contributed by atoms with van der Waals surface area (Å²) in [6.07, 6.45) is 0. The van der Waals surface area contributed by atoms with E-state index in [1.54, 1.807) is 37.3 Å². The van der Waals surface area contributed by atoms with Crippen LogP contribution in [0.4, 0.5) is 5.69 Å². The number of aryl methyl sites for hydroxylation is 1. The Morgan fingerprint density at radius 1 is 0.906 bits per heavy atom. The molecule has 0 aliphatic carbocycles. The van der Waals surface area contributed by atoms with Crippen LogP contribution < -0.4 is 13.8 Å². The second-order valence-electron chi connectivity index (χ2n) is 6.74. The average molecular weight is 494 g/mol. The molecule has 1 amide bonds. The van der Waals surface area contributed by atoms with Gasteiger partial charge in [0.2, 0.25) is 0 Å². The lowest BCUT2D eigenvalue weighted by Crippen LogP contribution is -2.40. The van der Waals surface area contributed by atoms with Gasteiger partial charge in [-0.15, -0.1) is 0 Å². The molecule has 0 unspecified atom stereocenters. The maximum Gasteiger partial charge on any atom is 0.278 e. The quantitative estimate of drug-likeness (QED) is 0.414. The molecule has 0 aromatic heterocycles. The maximum absolute atomic E-state index is 13.4. The molecule has 0 saturated heterocycles. The van der Waals surface area contributed by atoms with Gasteiger partial charge in [-0.25, -0.2) is 8.42 Å². The lowest BCUT2D eigenvalue weighted by Gasteiger charge is -2.23. The first-order valence-electron chi connectivity index (χ1n) is 9.68. The third kappa shape index (κ3) is 5.54. The number of amides is 1. The molecule has 0 aliphatic heterocycles. The van der Waals surface area contributed by atoms with E-state index in [1.807, 2.05) is 6.92 Å². The minimum atomic E-state index is -4.23. The molecule has 3 aromatic carbocycles. The van der Waals surface area contributed by atoms with Gasteiger partial charge in [0, 0.05) is 10.0 Å². The molecule has 0 spiro atoms. The highest BCUT2D eigenvalue weighted by molar-refractivity contribution is 7.93. The van der Waals surface area contributed by atoms with Gasteiger partial charge >= 0.3 is 0 Å². The summed E-state index contributed by atoms with van der Waals surface area (Å²) in [6.45, 7) is 3.60. The smallest absolute Gasteiger partial charge is 0.278 e. The Balaban J connectivity index is 1.94. The van der Waals surface area contributed by atoms with Gasteiger partial charge in [0.15, 0.2) is 6.61 Å². The number of sulfonamides is 1. The van der Waals surface area contributed by atoms with Gasteiger partial charge in [-0.3, -0.25) is 4.79 Å². The first-order valence-corrected chi connectivity index (χ1v) is 11.9. The predicted molar refractivity (Wildman–Crippen MR) is 125 cm³/mol. The summed E-state index contributed by atoms with van der Waals surface area (Å²) < 4.78 is 38.4. The first-order chi connectivity index (χ1) is 15.2. The number of nitrogens with zero attached hydrogens (tertiary/aromatic N) is 1. The Labute approximate surface area is 197 Å². The topological polar surface area (TPSA) is 72.9 Å². The van der Waals surface area contributed by atoms with Crippen molar-refractivity contribution in [3.8, 4) is 11.5 Å². The average Bonchev–Trinajstić information content (AvgIpc) is 2.76. The molecule has 0 heterocycles. The minimum Gasteiger partial charge on any atom is -0.494 e. The van der Waals surface area contributed by atoms with E-state index in [0.29, 0.717) is 28.2 Å². The summed E-state index contributed by atoms with van der Waals surface area (Å²) in [5, 5.41) is 0.939. The second kappa shape index (κ2) is 10.3. The molecule has 0 saturated carbocycles. The van der Waals surface area contributed by atoms with Crippen molar-refractivity contribution >= 4 is 44.8 Å². The summed E-state index contributed by atoms with van der Waals surface area (Å²) in [5.74, 6) is 0.188. The number of anilines is 1. The number of hydrogen-bond acceptors (Lipinski definition) is 5. The third-order valence-corrected chi connectivity index (χ3v) is 6.89. The van der Waals surface area contributed by atoms with Gasteiger partial charge in [-0.05, 0) is 86.1 Å². The van der Waals surface area contributed by atoms with Crippen LogP contribution in [0.5, 0.6) is 11.5 Å². The fourth-order valence-electron chi connectivity index (χ4n) is 2.88. The molecular formula is C23H21Cl2NO5S. The summed E-state index contributed by atoms with van der Waals surface area (Å²) in [4.78, 5) is 13.0. The molecule has 3 aromatic rings. The van der Waals surface area contributed by atoms with Crippen molar-refractivity contribution in [2.45, 2.75) is 18.7 Å². The Hall–Kier alpha value is -2.74. The van der Waals surface area contributed by atoms with Crippen molar-refractivity contribution in [1.82, 2.24) is 0 Å². The van der Waals surface area contributed by atoms with Crippen LogP contribution in [0.2, 0.25) is 10.0 Å². The summed E-state index contributed by atoms with van der Waals surface area (Å²) in [6, 6.07) is 16.7. The van der Waals surface area contributed by atoms with Crippen LogP contribution in [0.3, 0.4) is 0 Å². The van der Waals surface area contributed by atoms with Crippen LogP contribution in [-0.2, 0) is 14.8 Å². The number of ether oxygens (including phenoxy) is 2. The van der Waals surface area contributed by atoms with E-state index in [-0.39, 0.29) is 10.6 Å². The van der Waals surface area contributed by atoms with Crippen LogP contribution in [0.25, 0.3) is 0 Å². The molecule has 32 heavy (non-hydrogen) atoms. The van der Waals surface area contributed by atoms with Crippen molar-refractivity contribution in [2.24, 2.45) is 0 Å². The number of rotatable bonds is 8. The number of hydrogen-bond donors (Lipinski definition) is 0. The first kappa shape index (κ1) is 23.9. The van der Waals surface area contributed by atoms with E-state index in [1.165, 1.54) is 36.4 Å². The van der Waals surface area contributed by atoms with E-state index in [2.05, 4.69) is 0 Å². The zero-order valence-electron chi connectivity index (χ0n) is 17.4. The largest absolute Gasteiger partial charge is 0.494 e. The summed E-state index contributed by atoms with van der Waals surface area (Å²) >= 11 is 11.9. The number of halogens is 2. The van der Waals surface area contributed by atoms with Crippen LogP contribution >= 0.6 is 23.2 Å². The monoisotopic (exact) mass is 493 g/mol. The van der Waals surface area contributed by atoms with Crippen LogP contribution in [0, 0.1) is 6.92 Å². The molecule has 0 atom stereocenters. The Morgan fingerprint density at radius 3 is 2.12 bits per heavy atom. The van der Waals surface area contributed by atoms with E-state index < -0.39 is 22.5 Å². The van der Waals surface area contributed by atoms with Crippen molar-refractivity contribution < 1.29 is 22.7 Å². The Kier molecular flexibility index (Phi) is 7.66. The highest BCUT2D eigenvalue weighted by atomic mass is 35.5. The Bertz CT molecular complexity index is 1200. The van der Waals surface area contributed by atoms with E-state index >= 15 is 0 Å². The molecule has 0 N–H and O–H groups in total. The SMILES string of the molecule is CCOc1ccc(N(C(=O)COc2ccc(Cl)c(C)c2)S(=O)(=O)c2ccc(Cl)cc2)cc1. The van der Waals surface area contributed by atoms with Crippen molar-refractivity contribution in [2.75, 3.05) is 17.5 Å². The molecule has 0 bridgehead atoms. The standard InChI is InChI=1S/C23H21Cl2NO5S/c1-3-30-19-8-6-18(7-9-19)26(32(28,29)21-11-4-17(24)5-12-21)23(27)15-31-20-10-13-22(25)16(2)14-20/h4-14H,3,15H2,1-2H3. The molecule has 3 rings (SSSR count). The Morgan fingerprint density at radius 2 is 1.53 bits per heavy atom. The van der Waals surface area contributed by atoms with Gasteiger partial charge in [-0.2, -0.15) is 4.31 Å². The van der Waals surface area contributed by atoms with Gasteiger partial charge < -0.3 is 9.47 Å². The van der Waals surface area contributed by atoms with E-state index in [9.17, 15) is 13.2 Å². The summed E-state index contributed by atoms with van der Waals surface area (Å²) in [5.41, 5.74) is 0.929. The lowest BCUT2D eigenvalue weighted by atomic mass is 10.2. The van der Waals surface area contributed by atoms with Gasteiger partial charge in [0.05, 0.1) is 17.2 Å². The van der Waals surface area contributed by atoms with E-state index in [4.69, 9.17) is 32.7 Å². The molecule has 0 radical (unpaired) electrons. The second-order valence-corrected chi connectivity index (χ2v) is 9.37. The van der Waals surface area contributed by atoms with Crippen molar-refractivity contribution in [3.63, 3.8) is 0 Å². The van der Waals surface area contributed by atoms with Gasteiger partial charge in [-0.1, -0.05) is 23.2 Å². The number of benzene rings is 3. The normalized spacial score (nSPS) is 11.1. The van der Waals surface area contributed by atoms with Gasteiger partial charge in [0.25, 0.3) is 15.9 Å². The predicted octanol–water partition coefficient (Wildman–Crippen LogP) is 5.50.